The van der Waals surface area contributed by atoms with Crippen LogP contribution in [0, 0.1) is 6.92 Å². The highest BCUT2D eigenvalue weighted by Crippen LogP contribution is 2.22. The molecule has 2 aromatic heterocycles. The van der Waals surface area contributed by atoms with Gasteiger partial charge >= 0.3 is 0 Å². The van der Waals surface area contributed by atoms with Crippen molar-refractivity contribution in [1.29, 1.82) is 0 Å². The highest BCUT2D eigenvalue weighted by atomic mass is 28.3. The van der Waals surface area contributed by atoms with Crippen molar-refractivity contribution in [3.8, 4) is 11.4 Å². The van der Waals surface area contributed by atoms with Crippen molar-refractivity contribution in [2.75, 3.05) is 0 Å². The number of hydrogen-bond acceptors (Lipinski definition) is 7. The van der Waals surface area contributed by atoms with Crippen LogP contribution in [0.4, 0.5) is 0 Å². The minimum Gasteiger partial charge on any atom is -0.506 e. The Bertz CT molecular complexity index is 1180. The van der Waals surface area contributed by atoms with E-state index >= 15 is 0 Å². The Balaban J connectivity index is 0.000000162. The number of aromatic nitrogens is 6. The van der Waals surface area contributed by atoms with Crippen molar-refractivity contribution in [3.05, 3.63) is 72.3 Å². The molecule has 2 heterocycles. The fraction of sp³-hybridized carbons (Fsp3) is 0.0526. The van der Waals surface area contributed by atoms with Crippen LogP contribution in [0.2, 0.25) is 0 Å². The van der Waals surface area contributed by atoms with Gasteiger partial charge in [0.2, 0.25) is 0 Å². The van der Waals surface area contributed by atoms with Crippen molar-refractivity contribution in [3.63, 3.8) is 0 Å². The van der Waals surface area contributed by atoms with Gasteiger partial charge in [0.25, 0.3) is 10.0 Å². The molecule has 0 aliphatic heterocycles. The number of phenolic OH excluding ortho intramolecular Hbond substituents is 1. The van der Waals surface area contributed by atoms with E-state index in [1.54, 1.807) is 6.07 Å². The van der Waals surface area contributed by atoms with E-state index < -0.39 is 10.0 Å². The van der Waals surface area contributed by atoms with Crippen LogP contribution in [0.3, 0.4) is 0 Å². The molecule has 9 nitrogen and oxygen atoms in total. The van der Waals surface area contributed by atoms with Gasteiger partial charge in [-0.2, -0.15) is 0 Å². The summed E-state index contributed by atoms with van der Waals surface area (Å²) in [6, 6.07) is 20.7. The summed E-state index contributed by atoms with van der Waals surface area (Å²) in [6.45, 7) is 1.96. The maximum atomic E-state index is 9.81. The fourth-order valence-corrected chi connectivity index (χ4v) is 5.73. The molecule has 0 saturated carbocycles. The molecule has 0 atom stereocenters. The van der Waals surface area contributed by atoms with Gasteiger partial charge in [-0.1, -0.05) is 35.5 Å². The van der Waals surface area contributed by atoms with E-state index in [4.69, 9.17) is 8.23 Å². The number of rotatable bonds is 3. The molecule has 0 spiro atoms. The number of para-hydroxylation sites is 1. The number of nitrogens with one attached hydrogen (secondary N) is 1. The van der Waals surface area contributed by atoms with Gasteiger partial charge < -0.3 is 13.3 Å². The molecule has 3 aromatic carbocycles. The zero-order valence-electron chi connectivity index (χ0n) is 17.6. The standard InChI is InChI=1S/C13H11N3O.C6H5N3.H8O2Si3/c1-9-6-7-13(17)12(8-9)16-14-10-4-2-3-5-11(10)15-16;1-2-4-6-5(3-1)7-9-8-6;3-1-5-2-4/h2-8,17H,1H3;1-4H,(H,7,8,9);5H2,3-4H3. The molecule has 12 heteroatoms. The Morgan fingerprint density at radius 2 is 1.52 bits per heavy atom. The summed E-state index contributed by atoms with van der Waals surface area (Å²) in [7, 11) is 1.27. The number of H-pyrrole nitrogens is 1. The Morgan fingerprint density at radius 1 is 0.903 bits per heavy atom. The van der Waals surface area contributed by atoms with Crippen LogP contribution in [0.15, 0.2) is 66.7 Å². The van der Waals surface area contributed by atoms with Crippen LogP contribution < -0.4 is 0 Å². The molecule has 160 valence electrons. The van der Waals surface area contributed by atoms with Gasteiger partial charge in [0.15, 0.2) is 0 Å². The first-order valence-corrected chi connectivity index (χ1v) is 12.3. The van der Waals surface area contributed by atoms with E-state index in [1.165, 1.54) is 4.80 Å². The third-order valence-electron chi connectivity index (χ3n) is 4.10. The van der Waals surface area contributed by atoms with Crippen LogP contribution in [-0.2, 0) is 8.23 Å². The van der Waals surface area contributed by atoms with Crippen LogP contribution in [0.25, 0.3) is 27.8 Å². The summed E-state index contributed by atoms with van der Waals surface area (Å²) in [6.07, 6.45) is 0. The largest absolute Gasteiger partial charge is 0.506 e. The second-order valence-electron chi connectivity index (χ2n) is 6.49. The molecule has 0 bridgehead atoms. The molecule has 0 aliphatic rings. The lowest BCUT2D eigenvalue weighted by molar-refractivity contribution is 0.467. The van der Waals surface area contributed by atoms with E-state index in [-0.39, 0.29) is 5.75 Å². The maximum absolute atomic E-state index is 9.81. The van der Waals surface area contributed by atoms with E-state index in [1.807, 2.05) is 67.6 Å². The number of fused-ring (bicyclic) bond motifs is 2. The molecular weight excluding hydrogens is 445 g/mol. The van der Waals surface area contributed by atoms with E-state index in [2.05, 4.69) is 25.6 Å². The molecule has 5 rings (SSSR count). The van der Waals surface area contributed by atoms with Gasteiger partial charge in [0.1, 0.15) is 49.0 Å². The zero-order chi connectivity index (χ0) is 22.1. The topological polar surface area (TPSA) is 111 Å². The Hall–Kier alpha value is -3.17. The van der Waals surface area contributed by atoms with Gasteiger partial charge in [-0.15, -0.1) is 20.1 Å². The average molecular weight is 469 g/mol. The Kier molecular flexibility index (Phi) is 8.20. The molecular formula is C19H24N6O3Si3. The van der Waals surface area contributed by atoms with Gasteiger partial charge in [-0.05, 0) is 48.9 Å². The highest BCUT2D eigenvalue weighted by molar-refractivity contribution is 6.33. The molecule has 5 aromatic rings. The lowest BCUT2D eigenvalue weighted by atomic mass is 10.2. The summed E-state index contributed by atoms with van der Waals surface area (Å²) in [4.78, 5) is 1.47. The molecule has 0 saturated heterocycles. The van der Waals surface area contributed by atoms with Crippen LogP contribution in [0.5, 0.6) is 5.75 Å². The third-order valence-corrected chi connectivity index (χ3v) is 5.99. The third kappa shape index (κ3) is 6.16. The van der Waals surface area contributed by atoms with Gasteiger partial charge in [0, 0.05) is 0 Å². The lowest BCUT2D eigenvalue weighted by Gasteiger charge is -2.03. The van der Waals surface area contributed by atoms with Crippen LogP contribution in [0.1, 0.15) is 5.56 Å². The van der Waals surface area contributed by atoms with E-state index in [9.17, 15) is 5.11 Å². The number of benzene rings is 3. The molecule has 0 radical (unpaired) electrons. The number of aryl methyl sites for hydroxylation is 1. The summed E-state index contributed by atoms with van der Waals surface area (Å²) >= 11 is 0. The number of aromatic amines is 1. The van der Waals surface area contributed by atoms with Crippen LogP contribution in [-0.4, -0.2) is 66.5 Å². The SMILES string of the molecule is Cc1ccc(O)c(-n2nc3ccccc3n2)c1.[SiH3]O[SiH2]O[SiH3].c1ccc2[nH]nnc2c1. The highest BCUT2D eigenvalue weighted by Gasteiger charge is 2.08. The van der Waals surface area contributed by atoms with Crippen molar-refractivity contribution < 1.29 is 13.3 Å². The lowest BCUT2D eigenvalue weighted by Crippen LogP contribution is -1.99. The zero-order valence-corrected chi connectivity index (χ0v) is 23.0. The predicted octanol–water partition coefficient (Wildman–Crippen LogP) is -0.0284. The molecule has 0 amide bonds. The number of aromatic hydroxyl groups is 1. The predicted molar refractivity (Wildman–Crippen MR) is 130 cm³/mol. The smallest absolute Gasteiger partial charge is 0.282 e. The fourth-order valence-electron chi connectivity index (χ4n) is 2.67. The van der Waals surface area contributed by atoms with Crippen LogP contribution >= 0.6 is 0 Å². The van der Waals surface area contributed by atoms with Gasteiger partial charge in [-0.3, -0.25) is 5.10 Å². The van der Waals surface area contributed by atoms with Crippen molar-refractivity contribution in [2.45, 2.75) is 6.92 Å². The number of phenols is 1. The first-order chi connectivity index (χ1) is 15.1. The molecule has 2 N–H and O–H groups in total. The monoisotopic (exact) mass is 468 g/mol. The first-order valence-electron chi connectivity index (χ1n) is 9.48. The van der Waals surface area contributed by atoms with E-state index in [0.29, 0.717) is 5.69 Å². The summed E-state index contributed by atoms with van der Waals surface area (Å²) < 4.78 is 9.56. The van der Waals surface area contributed by atoms with Crippen molar-refractivity contribution in [2.24, 2.45) is 0 Å². The molecule has 0 unspecified atom stereocenters. The Morgan fingerprint density at radius 3 is 2.10 bits per heavy atom. The molecule has 31 heavy (non-hydrogen) atoms. The maximum Gasteiger partial charge on any atom is 0.282 e. The number of nitrogens with zero attached hydrogens (tertiary/aromatic N) is 5. The second-order valence-corrected chi connectivity index (χ2v) is 11.3. The minimum atomic E-state index is -0.444. The quantitative estimate of drug-likeness (QED) is 0.358. The van der Waals surface area contributed by atoms with Crippen molar-refractivity contribution >= 4 is 53.0 Å². The molecule has 0 aliphatic carbocycles. The Labute approximate surface area is 187 Å². The summed E-state index contributed by atoms with van der Waals surface area (Å²) in [5, 5.41) is 28.7. The first kappa shape index (κ1) is 22.5. The minimum absolute atomic E-state index is 0.177. The summed E-state index contributed by atoms with van der Waals surface area (Å²) in [5.41, 5.74) is 5.18. The average Bonchev–Trinajstić information content (AvgIpc) is 3.43. The van der Waals surface area contributed by atoms with Gasteiger partial charge in [-0.25, -0.2) is 0 Å². The second kappa shape index (κ2) is 11.3. The van der Waals surface area contributed by atoms with E-state index in [0.717, 1.165) is 48.6 Å². The normalized spacial score (nSPS) is 10.9. The van der Waals surface area contributed by atoms with Crippen molar-refractivity contribution in [1.82, 2.24) is 30.4 Å². The number of hydrogen-bond donors (Lipinski definition) is 2. The molecule has 0 fully saturated rings. The van der Waals surface area contributed by atoms with Gasteiger partial charge in [0.05, 0.1) is 5.52 Å². The summed E-state index contributed by atoms with van der Waals surface area (Å²) in [5.74, 6) is 0.177.